The summed E-state index contributed by atoms with van der Waals surface area (Å²) in [5.41, 5.74) is 0.383. The van der Waals surface area contributed by atoms with Crippen molar-refractivity contribution >= 4 is 21.6 Å². The Morgan fingerprint density at radius 3 is 3.00 bits per heavy atom. The summed E-state index contributed by atoms with van der Waals surface area (Å²) >= 11 is 1.93. The van der Waals surface area contributed by atoms with Gasteiger partial charge in [0.1, 0.15) is 0 Å². The van der Waals surface area contributed by atoms with E-state index in [1.807, 2.05) is 17.8 Å². The van der Waals surface area contributed by atoms with E-state index in [0.29, 0.717) is 17.4 Å². The first kappa shape index (κ1) is 15.4. The van der Waals surface area contributed by atoms with E-state index < -0.39 is 9.84 Å². The van der Waals surface area contributed by atoms with Crippen molar-refractivity contribution in [2.24, 2.45) is 0 Å². The van der Waals surface area contributed by atoms with Crippen molar-refractivity contribution in [3.63, 3.8) is 0 Å². The summed E-state index contributed by atoms with van der Waals surface area (Å²) in [7, 11) is -3.31. The average Bonchev–Trinajstić information content (AvgIpc) is 2.45. The van der Waals surface area contributed by atoms with Crippen molar-refractivity contribution in [1.29, 1.82) is 5.26 Å². The van der Waals surface area contributed by atoms with Gasteiger partial charge in [-0.15, -0.1) is 0 Å². The molecule has 1 atom stereocenters. The van der Waals surface area contributed by atoms with Gasteiger partial charge >= 0.3 is 0 Å². The smallest absolute Gasteiger partial charge is 0.179 e. The zero-order chi connectivity index (χ0) is 14.6. The maximum atomic E-state index is 12.3. The average molecular weight is 310 g/mol. The van der Waals surface area contributed by atoms with Crippen LogP contribution in [0.3, 0.4) is 0 Å². The van der Waals surface area contributed by atoms with E-state index >= 15 is 0 Å². The molecule has 0 spiro atoms. The van der Waals surface area contributed by atoms with Crippen LogP contribution in [0.15, 0.2) is 29.2 Å². The van der Waals surface area contributed by atoms with Crippen LogP contribution < -0.4 is 0 Å². The van der Waals surface area contributed by atoms with Crippen molar-refractivity contribution in [3.05, 3.63) is 29.8 Å². The summed E-state index contributed by atoms with van der Waals surface area (Å²) < 4.78 is 24.6. The van der Waals surface area contributed by atoms with Gasteiger partial charge in [0, 0.05) is 30.6 Å². The standard InChI is InChI=1S/C14H18N2O2S2/c1-12-11-16(5-7-19-12)6-8-20(17,18)14-4-2-3-13(9-14)10-15/h2-4,9,12H,5-8,11H2,1H3. The fourth-order valence-corrected chi connectivity index (χ4v) is 4.63. The van der Waals surface area contributed by atoms with E-state index in [1.54, 1.807) is 18.2 Å². The molecular weight excluding hydrogens is 292 g/mol. The van der Waals surface area contributed by atoms with Crippen molar-refractivity contribution in [3.8, 4) is 6.07 Å². The number of nitrogens with zero attached hydrogens (tertiary/aromatic N) is 2. The summed E-state index contributed by atoms with van der Waals surface area (Å²) in [5, 5.41) is 9.40. The molecule has 0 radical (unpaired) electrons. The molecule has 0 saturated carbocycles. The Balaban J connectivity index is 2.02. The second-order valence-corrected chi connectivity index (χ2v) is 8.60. The van der Waals surface area contributed by atoms with Crippen LogP contribution in [-0.2, 0) is 9.84 Å². The molecule has 2 rings (SSSR count). The fraction of sp³-hybridized carbons (Fsp3) is 0.500. The minimum atomic E-state index is -3.31. The molecule has 0 amide bonds. The Kier molecular flexibility index (Phi) is 5.08. The molecule has 1 saturated heterocycles. The third kappa shape index (κ3) is 3.98. The van der Waals surface area contributed by atoms with Gasteiger partial charge in [0.05, 0.1) is 22.3 Å². The lowest BCUT2D eigenvalue weighted by Gasteiger charge is -2.30. The number of thioether (sulfide) groups is 1. The summed E-state index contributed by atoms with van der Waals surface area (Å²) in [6.07, 6.45) is 0. The van der Waals surface area contributed by atoms with Gasteiger partial charge in [-0.1, -0.05) is 13.0 Å². The van der Waals surface area contributed by atoms with Crippen LogP contribution in [0.25, 0.3) is 0 Å². The molecule has 1 unspecified atom stereocenters. The van der Waals surface area contributed by atoms with Crippen LogP contribution in [0.4, 0.5) is 0 Å². The van der Waals surface area contributed by atoms with Gasteiger partial charge < -0.3 is 4.90 Å². The Hall–Kier alpha value is -1.03. The van der Waals surface area contributed by atoms with Gasteiger partial charge in [-0.05, 0) is 18.2 Å². The molecular formula is C14H18N2O2S2. The first-order valence-electron chi connectivity index (χ1n) is 6.58. The van der Waals surface area contributed by atoms with Gasteiger partial charge in [0.25, 0.3) is 0 Å². The monoisotopic (exact) mass is 310 g/mol. The van der Waals surface area contributed by atoms with E-state index in [2.05, 4.69) is 11.8 Å². The lowest BCUT2D eigenvalue weighted by Crippen LogP contribution is -2.39. The predicted octanol–water partition coefficient (Wildman–Crippen LogP) is 1.77. The van der Waals surface area contributed by atoms with Crippen LogP contribution in [0, 0.1) is 11.3 Å². The Morgan fingerprint density at radius 1 is 1.50 bits per heavy atom. The first-order chi connectivity index (χ1) is 9.51. The normalized spacial score (nSPS) is 20.5. The van der Waals surface area contributed by atoms with Crippen molar-refractivity contribution < 1.29 is 8.42 Å². The number of benzene rings is 1. The number of sulfone groups is 1. The van der Waals surface area contributed by atoms with E-state index in [9.17, 15) is 8.42 Å². The highest BCUT2D eigenvalue weighted by Crippen LogP contribution is 2.18. The molecule has 6 heteroatoms. The second-order valence-electron chi connectivity index (χ2n) is 4.94. The lowest BCUT2D eigenvalue weighted by molar-refractivity contribution is 0.303. The van der Waals surface area contributed by atoms with Crippen LogP contribution in [-0.4, -0.2) is 49.7 Å². The molecule has 4 nitrogen and oxygen atoms in total. The first-order valence-corrected chi connectivity index (χ1v) is 9.28. The maximum absolute atomic E-state index is 12.3. The van der Waals surface area contributed by atoms with E-state index in [4.69, 9.17) is 5.26 Å². The van der Waals surface area contributed by atoms with Gasteiger partial charge in [0.15, 0.2) is 9.84 Å². The maximum Gasteiger partial charge on any atom is 0.179 e. The van der Waals surface area contributed by atoms with Crippen LogP contribution in [0.2, 0.25) is 0 Å². The summed E-state index contributed by atoms with van der Waals surface area (Å²) in [4.78, 5) is 2.45. The van der Waals surface area contributed by atoms with E-state index in [-0.39, 0.29) is 10.6 Å². The van der Waals surface area contributed by atoms with Crippen LogP contribution in [0.5, 0.6) is 0 Å². The minimum absolute atomic E-state index is 0.110. The molecule has 108 valence electrons. The number of rotatable bonds is 4. The Morgan fingerprint density at radius 2 is 2.30 bits per heavy atom. The molecule has 0 aromatic heterocycles. The van der Waals surface area contributed by atoms with E-state index in [1.165, 1.54) is 6.07 Å². The quantitative estimate of drug-likeness (QED) is 0.848. The second kappa shape index (κ2) is 6.61. The minimum Gasteiger partial charge on any atom is -0.300 e. The summed E-state index contributed by atoms with van der Waals surface area (Å²) in [6, 6.07) is 8.21. The van der Waals surface area contributed by atoms with Gasteiger partial charge in [-0.25, -0.2) is 8.42 Å². The molecule has 1 heterocycles. The number of hydrogen-bond acceptors (Lipinski definition) is 5. The zero-order valence-electron chi connectivity index (χ0n) is 11.4. The lowest BCUT2D eigenvalue weighted by atomic mass is 10.2. The van der Waals surface area contributed by atoms with E-state index in [0.717, 1.165) is 18.8 Å². The Labute approximate surface area is 124 Å². The molecule has 1 aromatic carbocycles. The molecule has 0 bridgehead atoms. The third-order valence-corrected chi connectivity index (χ3v) is 6.15. The van der Waals surface area contributed by atoms with Crippen molar-refractivity contribution in [2.45, 2.75) is 17.1 Å². The number of hydrogen-bond donors (Lipinski definition) is 0. The molecule has 1 aromatic rings. The van der Waals surface area contributed by atoms with Gasteiger partial charge in [-0.3, -0.25) is 0 Å². The molecule has 1 fully saturated rings. The molecule has 1 aliphatic rings. The third-order valence-electron chi connectivity index (χ3n) is 3.32. The summed E-state index contributed by atoms with van der Waals surface area (Å²) in [6.45, 7) is 4.62. The van der Waals surface area contributed by atoms with Crippen molar-refractivity contribution in [1.82, 2.24) is 4.90 Å². The molecule has 1 aliphatic heterocycles. The molecule has 20 heavy (non-hydrogen) atoms. The zero-order valence-corrected chi connectivity index (χ0v) is 13.1. The van der Waals surface area contributed by atoms with Crippen LogP contribution in [0.1, 0.15) is 12.5 Å². The molecule has 0 N–H and O–H groups in total. The SMILES string of the molecule is CC1CN(CCS(=O)(=O)c2cccc(C#N)c2)CCS1. The largest absolute Gasteiger partial charge is 0.300 e. The highest BCUT2D eigenvalue weighted by Gasteiger charge is 2.20. The van der Waals surface area contributed by atoms with Crippen molar-refractivity contribution in [2.75, 3.05) is 31.1 Å². The molecule has 0 aliphatic carbocycles. The topological polar surface area (TPSA) is 61.2 Å². The van der Waals surface area contributed by atoms with Gasteiger partial charge in [-0.2, -0.15) is 17.0 Å². The highest BCUT2D eigenvalue weighted by molar-refractivity contribution is 8.00. The Bertz CT molecular complexity index is 608. The predicted molar refractivity (Wildman–Crippen MR) is 81.6 cm³/mol. The fourth-order valence-electron chi connectivity index (χ4n) is 2.22. The highest BCUT2D eigenvalue weighted by atomic mass is 32.2. The van der Waals surface area contributed by atoms with Gasteiger partial charge in [0.2, 0.25) is 0 Å². The van der Waals surface area contributed by atoms with Crippen LogP contribution >= 0.6 is 11.8 Å². The number of nitriles is 1. The summed E-state index contributed by atoms with van der Waals surface area (Å²) in [5.74, 6) is 1.17.